The highest BCUT2D eigenvalue weighted by atomic mass is 79.9. The quantitative estimate of drug-likeness (QED) is 0.201. The van der Waals surface area contributed by atoms with Gasteiger partial charge in [0.05, 0.1) is 14.2 Å². The van der Waals surface area contributed by atoms with Gasteiger partial charge < -0.3 is 19.3 Å². The van der Waals surface area contributed by atoms with Crippen molar-refractivity contribution in [3.63, 3.8) is 0 Å². The van der Waals surface area contributed by atoms with Gasteiger partial charge in [-0.05, 0) is 77.7 Å². The van der Waals surface area contributed by atoms with Gasteiger partial charge in [0, 0.05) is 32.8 Å². The zero-order valence-corrected chi connectivity index (χ0v) is 24.9. The second-order valence-corrected chi connectivity index (χ2v) is 11.7. The van der Waals surface area contributed by atoms with E-state index in [4.69, 9.17) is 9.47 Å². The Labute approximate surface area is 245 Å². The number of benzene rings is 4. The summed E-state index contributed by atoms with van der Waals surface area (Å²) < 4.78 is 13.3. The standard InChI is InChI=1S/C32H28Br2N2O3/c1-38-26-16-17-29-27(18-26)28-19-30(35(29)20-21-6-4-3-5-7-21)36(25-14-12-24(34)13-15-25)32(28,31(37)39-2)22-8-10-23(33)11-9-22/h3-18,28,30H,19-20H2,1-2H3/t28-,30-,32-/m0/s1. The number of halogens is 2. The second kappa shape index (κ2) is 10.4. The van der Waals surface area contributed by atoms with Crippen molar-refractivity contribution >= 4 is 49.2 Å². The number of esters is 1. The van der Waals surface area contributed by atoms with Gasteiger partial charge in [0.1, 0.15) is 11.9 Å². The van der Waals surface area contributed by atoms with Crippen molar-refractivity contribution in [3.05, 3.63) is 123 Å². The van der Waals surface area contributed by atoms with E-state index in [1.165, 1.54) is 12.7 Å². The summed E-state index contributed by atoms with van der Waals surface area (Å²) in [4.78, 5) is 19.0. The number of anilines is 2. The van der Waals surface area contributed by atoms with Gasteiger partial charge in [-0.15, -0.1) is 0 Å². The van der Waals surface area contributed by atoms with Crippen molar-refractivity contribution in [3.8, 4) is 5.75 Å². The summed E-state index contributed by atoms with van der Waals surface area (Å²) in [6.07, 6.45) is 0.647. The van der Waals surface area contributed by atoms with Crippen LogP contribution in [-0.4, -0.2) is 26.4 Å². The zero-order valence-electron chi connectivity index (χ0n) is 21.7. The first-order valence-corrected chi connectivity index (χ1v) is 14.4. The fraction of sp³-hybridized carbons (Fsp3) is 0.219. The Bertz CT molecular complexity index is 1490. The number of carbonyl (C=O) groups is 1. The highest BCUT2D eigenvalue weighted by Gasteiger charge is 2.64. The van der Waals surface area contributed by atoms with Crippen LogP contribution in [0.4, 0.5) is 11.4 Å². The predicted molar refractivity (Wildman–Crippen MR) is 161 cm³/mol. The van der Waals surface area contributed by atoms with E-state index in [0.717, 1.165) is 43.6 Å². The minimum Gasteiger partial charge on any atom is -0.497 e. The minimum atomic E-state index is -1.10. The van der Waals surface area contributed by atoms with Crippen molar-refractivity contribution in [2.24, 2.45) is 0 Å². The van der Waals surface area contributed by atoms with E-state index in [-0.39, 0.29) is 18.1 Å². The first-order chi connectivity index (χ1) is 19.0. The summed E-state index contributed by atoms with van der Waals surface area (Å²) in [5.74, 6) is 0.316. The monoisotopic (exact) mass is 646 g/mol. The maximum atomic E-state index is 14.3. The molecule has 39 heavy (non-hydrogen) atoms. The number of nitrogens with zero attached hydrogens (tertiary/aromatic N) is 2. The van der Waals surface area contributed by atoms with Gasteiger partial charge >= 0.3 is 5.97 Å². The predicted octanol–water partition coefficient (Wildman–Crippen LogP) is 7.63. The van der Waals surface area contributed by atoms with E-state index >= 15 is 0 Å². The van der Waals surface area contributed by atoms with E-state index in [1.807, 2.05) is 48.5 Å². The number of methoxy groups -OCH3 is 2. The average Bonchev–Trinajstić information content (AvgIpc) is 3.29. The molecule has 0 radical (unpaired) electrons. The van der Waals surface area contributed by atoms with Crippen LogP contribution in [0.5, 0.6) is 5.75 Å². The molecule has 0 aromatic heterocycles. The Kier molecular flexibility index (Phi) is 6.89. The molecule has 198 valence electrons. The Morgan fingerprint density at radius 2 is 1.56 bits per heavy atom. The second-order valence-electron chi connectivity index (χ2n) is 9.92. The molecule has 0 N–H and O–H groups in total. The molecule has 5 nitrogen and oxygen atoms in total. The first-order valence-electron chi connectivity index (χ1n) is 12.8. The van der Waals surface area contributed by atoms with Gasteiger partial charge in [-0.3, -0.25) is 0 Å². The van der Waals surface area contributed by atoms with Gasteiger partial charge in [-0.2, -0.15) is 0 Å². The third kappa shape index (κ3) is 4.23. The number of rotatable bonds is 6. The van der Waals surface area contributed by atoms with Crippen LogP contribution < -0.4 is 14.5 Å². The maximum Gasteiger partial charge on any atom is 0.337 e. The van der Waals surface area contributed by atoms with E-state index in [2.05, 4.69) is 90.2 Å². The molecule has 0 unspecified atom stereocenters. The van der Waals surface area contributed by atoms with Crippen LogP contribution in [0.15, 0.2) is 106 Å². The van der Waals surface area contributed by atoms with Crippen LogP contribution in [0.25, 0.3) is 0 Å². The van der Waals surface area contributed by atoms with Gasteiger partial charge in [-0.1, -0.05) is 74.3 Å². The highest BCUT2D eigenvalue weighted by molar-refractivity contribution is 9.10. The fourth-order valence-corrected chi connectivity index (χ4v) is 6.90. The third-order valence-electron chi connectivity index (χ3n) is 7.99. The number of hydrogen-bond donors (Lipinski definition) is 0. The van der Waals surface area contributed by atoms with Crippen LogP contribution in [-0.2, 0) is 21.6 Å². The molecular formula is C32H28Br2N2O3. The van der Waals surface area contributed by atoms with Crippen LogP contribution in [0.1, 0.15) is 29.0 Å². The topological polar surface area (TPSA) is 42.0 Å². The van der Waals surface area contributed by atoms with Crippen LogP contribution in [0, 0.1) is 0 Å². The third-order valence-corrected chi connectivity index (χ3v) is 9.05. The van der Waals surface area contributed by atoms with Crippen molar-refractivity contribution in [2.45, 2.75) is 30.6 Å². The number of fused-ring (bicyclic) bond motifs is 5. The molecule has 3 atom stereocenters. The Morgan fingerprint density at radius 1 is 0.897 bits per heavy atom. The van der Waals surface area contributed by atoms with Gasteiger partial charge in [0.2, 0.25) is 0 Å². The molecule has 2 aliphatic heterocycles. The van der Waals surface area contributed by atoms with Crippen LogP contribution in [0.2, 0.25) is 0 Å². The molecule has 7 heteroatoms. The lowest BCUT2D eigenvalue weighted by molar-refractivity contribution is -0.148. The smallest absolute Gasteiger partial charge is 0.337 e. The molecule has 2 bridgehead atoms. The molecule has 2 heterocycles. The number of carbonyl (C=O) groups excluding carboxylic acids is 1. The molecule has 1 fully saturated rings. The van der Waals surface area contributed by atoms with E-state index in [0.29, 0.717) is 6.54 Å². The summed E-state index contributed by atoms with van der Waals surface area (Å²) in [7, 11) is 3.17. The van der Waals surface area contributed by atoms with Crippen LogP contribution in [0.3, 0.4) is 0 Å². The summed E-state index contributed by atoms with van der Waals surface area (Å²) in [5.41, 5.74) is 4.13. The fourth-order valence-electron chi connectivity index (χ4n) is 6.38. The summed E-state index contributed by atoms with van der Waals surface area (Å²) in [5, 5.41) is 0. The summed E-state index contributed by atoms with van der Waals surface area (Å²) >= 11 is 7.17. The number of ether oxygens (including phenoxy) is 2. The Balaban J connectivity index is 1.65. The van der Waals surface area contributed by atoms with Gasteiger partial charge in [0.15, 0.2) is 5.54 Å². The van der Waals surface area contributed by atoms with Crippen molar-refractivity contribution in [1.29, 1.82) is 0 Å². The van der Waals surface area contributed by atoms with E-state index in [1.54, 1.807) is 7.11 Å². The largest absolute Gasteiger partial charge is 0.497 e. The molecule has 0 aliphatic carbocycles. The van der Waals surface area contributed by atoms with Gasteiger partial charge in [-0.25, -0.2) is 4.79 Å². The van der Waals surface area contributed by atoms with Crippen LogP contribution >= 0.6 is 31.9 Å². The average molecular weight is 648 g/mol. The lowest BCUT2D eigenvalue weighted by Crippen LogP contribution is -2.56. The van der Waals surface area contributed by atoms with Crippen molar-refractivity contribution in [1.82, 2.24) is 0 Å². The Morgan fingerprint density at radius 3 is 2.21 bits per heavy atom. The van der Waals surface area contributed by atoms with Gasteiger partial charge in [0.25, 0.3) is 0 Å². The van der Waals surface area contributed by atoms with Crippen molar-refractivity contribution in [2.75, 3.05) is 24.0 Å². The minimum absolute atomic E-state index is 0.0972. The summed E-state index contributed by atoms with van der Waals surface area (Å²) in [6, 6.07) is 33.0. The molecule has 2 aliphatic rings. The molecule has 1 saturated heterocycles. The SMILES string of the molecule is COC(=O)[C@]1(c2ccc(Br)cc2)[C@H]2C[C@@H](N(Cc3ccccc3)c3ccc(OC)cc32)N1c1ccc(Br)cc1. The van der Waals surface area contributed by atoms with Crippen molar-refractivity contribution < 1.29 is 14.3 Å². The first kappa shape index (κ1) is 26.0. The number of hydrogen-bond acceptors (Lipinski definition) is 5. The lowest BCUT2D eigenvalue weighted by atomic mass is 9.73. The molecule has 0 spiro atoms. The highest BCUT2D eigenvalue weighted by Crippen LogP contribution is 2.60. The molecule has 0 amide bonds. The summed E-state index contributed by atoms with van der Waals surface area (Å²) in [6.45, 7) is 0.697. The van der Waals surface area contributed by atoms with E-state index < -0.39 is 5.54 Å². The molecule has 4 aromatic rings. The lowest BCUT2D eigenvalue weighted by Gasteiger charge is -2.44. The molecule has 0 saturated carbocycles. The Hall–Kier alpha value is -3.29. The van der Waals surface area contributed by atoms with E-state index in [9.17, 15) is 4.79 Å². The maximum absolute atomic E-state index is 14.3. The molecule has 6 rings (SSSR count). The molecular weight excluding hydrogens is 620 g/mol. The zero-order chi connectivity index (χ0) is 27.1. The normalized spacial score (nSPS) is 21.4. The molecule has 4 aromatic carbocycles.